The number of nitrogens with zero attached hydrogens (tertiary/aromatic N) is 4. The number of aromatic nitrogens is 2. The van der Waals surface area contributed by atoms with E-state index in [0.29, 0.717) is 11.3 Å². The second-order valence-corrected chi connectivity index (χ2v) is 8.47. The van der Waals surface area contributed by atoms with Crippen LogP contribution >= 0.6 is 15.9 Å². The number of hydrogen-bond acceptors (Lipinski definition) is 5. The zero-order chi connectivity index (χ0) is 24.1. The zero-order valence-corrected chi connectivity index (χ0v) is 20.4. The number of benzene rings is 1. The molecule has 2 heterocycles. The average Bonchev–Trinajstić information content (AvgIpc) is 3.05. The van der Waals surface area contributed by atoms with Gasteiger partial charge in [-0.2, -0.15) is 10.4 Å². The summed E-state index contributed by atoms with van der Waals surface area (Å²) in [6.07, 6.45) is 1.58. The normalized spacial score (nSPS) is 11.0. The van der Waals surface area contributed by atoms with E-state index in [0.717, 1.165) is 27.1 Å². The third-order valence-corrected chi connectivity index (χ3v) is 5.78. The molecule has 0 radical (unpaired) electrons. The number of pyridine rings is 1. The van der Waals surface area contributed by atoms with Gasteiger partial charge in [0.25, 0.3) is 11.5 Å². The lowest BCUT2D eigenvalue weighted by Crippen LogP contribution is -2.33. The lowest BCUT2D eigenvalue weighted by atomic mass is 10.1. The number of halogens is 1. The van der Waals surface area contributed by atoms with Crippen molar-refractivity contribution in [2.45, 2.75) is 33.9 Å². The maximum atomic E-state index is 12.6. The molecule has 0 aliphatic heterocycles. The third kappa shape index (κ3) is 5.30. The van der Waals surface area contributed by atoms with Gasteiger partial charge in [0.1, 0.15) is 18.2 Å². The molecule has 1 aromatic carbocycles. The first-order chi connectivity index (χ1) is 15.8. The van der Waals surface area contributed by atoms with Crippen LogP contribution in [0.2, 0.25) is 0 Å². The Bertz CT molecular complexity index is 1310. The fourth-order valence-electron chi connectivity index (χ4n) is 3.68. The molecule has 3 rings (SSSR count). The summed E-state index contributed by atoms with van der Waals surface area (Å²) in [4.78, 5) is 25.1. The van der Waals surface area contributed by atoms with Crippen molar-refractivity contribution < 1.29 is 9.53 Å². The maximum Gasteiger partial charge on any atom is 0.269 e. The first kappa shape index (κ1) is 24.2. The van der Waals surface area contributed by atoms with Crippen LogP contribution < -0.4 is 11.0 Å². The fourth-order valence-corrected chi connectivity index (χ4v) is 3.94. The number of rotatable bonds is 7. The second kappa shape index (κ2) is 10.4. The van der Waals surface area contributed by atoms with Gasteiger partial charge in [0.15, 0.2) is 0 Å². The van der Waals surface area contributed by atoms with Crippen LogP contribution in [0.4, 0.5) is 0 Å². The Kier molecular flexibility index (Phi) is 7.63. The van der Waals surface area contributed by atoms with E-state index in [9.17, 15) is 14.9 Å². The lowest BCUT2D eigenvalue weighted by molar-refractivity contribution is -0.121. The molecule has 0 unspecified atom stereocenters. The van der Waals surface area contributed by atoms with Crippen LogP contribution in [-0.2, 0) is 22.7 Å². The molecule has 0 saturated heterocycles. The molecule has 0 atom stereocenters. The van der Waals surface area contributed by atoms with Crippen LogP contribution in [0, 0.1) is 32.1 Å². The number of nitrogens with one attached hydrogen (secondary N) is 1. The number of ether oxygens (including phenoxy) is 1. The van der Waals surface area contributed by atoms with Gasteiger partial charge in [0, 0.05) is 45.5 Å². The van der Waals surface area contributed by atoms with E-state index in [-0.39, 0.29) is 18.7 Å². The molecule has 1 amide bonds. The number of hydrogen-bond donors (Lipinski definition) is 1. The Morgan fingerprint density at radius 1 is 1.21 bits per heavy atom. The summed E-state index contributed by atoms with van der Waals surface area (Å²) in [5.74, 6) is -0.471. The molecule has 2 aromatic heterocycles. The predicted molar refractivity (Wildman–Crippen MR) is 130 cm³/mol. The smallest absolute Gasteiger partial charge is 0.269 e. The maximum absolute atomic E-state index is 12.6. The summed E-state index contributed by atoms with van der Waals surface area (Å²) >= 11 is 3.45. The number of nitriles is 1. The van der Waals surface area contributed by atoms with Crippen molar-refractivity contribution in [3.8, 4) is 11.8 Å². The van der Waals surface area contributed by atoms with E-state index in [1.54, 1.807) is 19.2 Å². The Morgan fingerprint density at radius 3 is 2.55 bits per heavy atom. The molecule has 170 valence electrons. The number of hydrazone groups is 1. The Labute approximate surface area is 200 Å². The SMILES string of the molecule is COCc1cc(C)n(CC(=O)N/N=C/c2cc(C)n(-c3ccc(Br)cc3)c2C)c(=O)c1C#N. The lowest BCUT2D eigenvalue weighted by Gasteiger charge is -2.12. The van der Waals surface area contributed by atoms with Gasteiger partial charge in [-0.05, 0) is 57.2 Å². The van der Waals surface area contributed by atoms with E-state index in [1.165, 1.54) is 11.7 Å². The van der Waals surface area contributed by atoms with E-state index in [2.05, 4.69) is 31.0 Å². The monoisotopic (exact) mass is 509 g/mol. The van der Waals surface area contributed by atoms with Gasteiger partial charge < -0.3 is 13.9 Å². The first-order valence-electron chi connectivity index (χ1n) is 10.2. The highest BCUT2D eigenvalue weighted by Gasteiger charge is 2.15. The molecule has 0 spiro atoms. The van der Waals surface area contributed by atoms with Crippen molar-refractivity contribution in [3.63, 3.8) is 0 Å². The first-order valence-corrected chi connectivity index (χ1v) is 10.9. The Balaban J connectivity index is 1.75. The van der Waals surface area contributed by atoms with Crippen molar-refractivity contribution in [3.05, 3.63) is 85.0 Å². The summed E-state index contributed by atoms with van der Waals surface area (Å²) < 4.78 is 9.40. The number of methoxy groups -OCH3 is 1. The molecule has 1 N–H and O–H groups in total. The van der Waals surface area contributed by atoms with Gasteiger partial charge in [-0.3, -0.25) is 9.59 Å². The van der Waals surface area contributed by atoms with Crippen molar-refractivity contribution >= 4 is 28.1 Å². The number of aryl methyl sites for hydroxylation is 2. The predicted octanol–water partition coefficient (Wildman–Crippen LogP) is 3.50. The molecular formula is C24H24BrN5O3. The van der Waals surface area contributed by atoms with Crippen LogP contribution in [-0.4, -0.2) is 28.4 Å². The number of carbonyl (C=O) groups excluding carboxylic acids is 1. The van der Waals surface area contributed by atoms with E-state index in [4.69, 9.17) is 4.74 Å². The van der Waals surface area contributed by atoms with Crippen LogP contribution in [0.15, 0.2) is 50.8 Å². The van der Waals surface area contributed by atoms with Gasteiger partial charge in [-0.1, -0.05) is 15.9 Å². The summed E-state index contributed by atoms with van der Waals surface area (Å²) in [5.41, 5.74) is 6.86. The highest BCUT2D eigenvalue weighted by molar-refractivity contribution is 9.10. The van der Waals surface area contributed by atoms with Crippen LogP contribution in [0.1, 0.15) is 33.8 Å². The zero-order valence-electron chi connectivity index (χ0n) is 18.8. The minimum Gasteiger partial charge on any atom is -0.380 e. The number of carbonyl (C=O) groups is 1. The van der Waals surface area contributed by atoms with Crippen molar-refractivity contribution in [2.24, 2.45) is 5.10 Å². The van der Waals surface area contributed by atoms with Crippen LogP contribution in [0.25, 0.3) is 5.69 Å². The summed E-state index contributed by atoms with van der Waals surface area (Å²) in [6.45, 7) is 5.58. The minimum absolute atomic E-state index is 0.0286. The number of amides is 1. The van der Waals surface area contributed by atoms with Crippen molar-refractivity contribution in [1.29, 1.82) is 5.26 Å². The molecule has 3 aromatic rings. The standard InChI is InChI=1S/C24H24BrN5O3/c1-15-9-19(14-33-4)22(11-26)24(32)29(15)13-23(31)28-27-12-18-10-16(2)30(17(18)3)21-7-5-20(25)6-8-21/h5-10,12H,13-14H2,1-4H3,(H,28,31)/b27-12+. The molecule has 9 heteroatoms. The Hall–Kier alpha value is -3.48. The molecule has 33 heavy (non-hydrogen) atoms. The molecule has 0 fully saturated rings. The fraction of sp³-hybridized carbons (Fsp3) is 0.250. The van der Waals surface area contributed by atoms with Crippen molar-refractivity contribution in [2.75, 3.05) is 7.11 Å². The van der Waals surface area contributed by atoms with E-state index >= 15 is 0 Å². The molecule has 0 bridgehead atoms. The van der Waals surface area contributed by atoms with Gasteiger partial charge >= 0.3 is 0 Å². The summed E-state index contributed by atoms with van der Waals surface area (Å²) in [5, 5.41) is 13.4. The Morgan fingerprint density at radius 2 is 1.91 bits per heavy atom. The van der Waals surface area contributed by atoms with Gasteiger partial charge in [0.05, 0.1) is 12.8 Å². The van der Waals surface area contributed by atoms with Gasteiger partial charge in [-0.15, -0.1) is 0 Å². The quantitative estimate of drug-likeness (QED) is 0.389. The molecular weight excluding hydrogens is 486 g/mol. The van der Waals surface area contributed by atoms with E-state index < -0.39 is 11.5 Å². The average molecular weight is 510 g/mol. The molecule has 0 aliphatic rings. The summed E-state index contributed by atoms with van der Waals surface area (Å²) in [7, 11) is 1.49. The topological polar surface area (TPSA) is 101 Å². The molecule has 0 saturated carbocycles. The minimum atomic E-state index is -0.526. The van der Waals surface area contributed by atoms with Gasteiger partial charge in [0.2, 0.25) is 0 Å². The highest BCUT2D eigenvalue weighted by atomic mass is 79.9. The molecule has 0 aliphatic carbocycles. The highest BCUT2D eigenvalue weighted by Crippen LogP contribution is 2.21. The summed E-state index contributed by atoms with van der Waals surface area (Å²) in [6, 6.07) is 13.5. The van der Waals surface area contributed by atoms with Crippen LogP contribution in [0.3, 0.4) is 0 Å². The third-order valence-electron chi connectivity index (χ3n) is 5.25. The van der Waals surface area contributed by atoms with Crippen molar-refractivity contribution in [1.82, 2.24) is 14.6 Å². The largest absolute Gasteiger partial charge is 0.380 e. The molecule has 8 nitrogen and oxygen atoms in total. The second-order valence-electron chi connectivity index (χ2n) is 7.55. The van der Waals surface area contributed by atoms with E-state index in [1.807, 2.05) is 50.2 Å². The van der Waals surface area contributed by atoms with Gasteiger partial charge in [-0.25, -0.2) is 5.43 Å². The van der Waals surface area contributed by atoms with Crippen LogP contribution in [0.5, 0.6) is 0 Å².